The average Bonchev–Trinajstić information content (AvgIpc) is 2.81. The molecule has 0 heterocycles. The van der Waals surface area contributed by atoms with Gasteiger partial charge in [0.1, 0.15) is 0 Å². The lowest BCUT2D eigenvalue weighted by Gasteiger charge is -2.16. The minimum Gasteiger partial charge on any atom is -0.309 e. The van der Waals surface area contributed by atoms with E-state index in [1.807, 2.05) is 0 Å². The first-order chi connectivity index (χ1) is 10.3. The summed E-state index contributed by atoms with van der Waals surface area (Å²) in [5.74, 6) is 0. The highest BCUT2D eigenvalue weighted by atomic mass is 15.0. The molecule has 21 heavy (non-hydrogen) atoms. The molecule has 0 saturated carbocycles. The summed E-state index contributed by atoms with van der Waals surface area (Å²) >= 11 is 0. The Kier molecular flexibility index (Phi) is 4.37. The minimum atomic E-state index is 0.358. The van der Waals surface area contributed by atoms with Crippen LogP contribution in [0.1, 0.15) is 30.0 Å². The molecule has 1 aliphatic rings. The van der Waals surface area contributed by atoms with Crippen LogP contribution in [0.25, 0.3) is 11.1 Å². The van der Waals surface area contributed by atoms with Gasteiger partial charge in [0.2, 0.25) is 0 Å². The molecule has 1 N–H and O–H groups in total. The molecule has 3 rings (SSSR count). The molecule has 2 heteroatoms. The molecule has 2 nitrogen and oxygen atoms in total. The van der Waals surface area contributed by atoms with E-state index in [-0.39, 0.29) is 0 Å². The summed E-state index contributed by atoms with van der Waals surface area (Å²) in [6.07, 6.45) is 2.47. The van der Waals surface area contributed by atoms with E-state index < -0.39 is 0 Å². The van der Waals surface area contributed by atoms with Crippen LogP contribution in [0.5, 0.6) is 0 Å². The zero-order valence-electron chi connectivity index (χ0n) is 13.0. The highest BCUT2D eigenvalue weighted by molar-refractivity contribution is 5.78. The van der Waals surface area contributed by atoms with Crippen LogP contribution < -0.4 is 5.32 Å². The zero-order valence-corrected chi connectivity index (χ0v) is 13.0. The van der Waals surface area contributed by atoms with Gasteiger partial charge in [0, 0.05) is 0 Å². The van der Waals surface area contributed by atoms with Crippen LogP contribution in [0.4, 0.5) is 0 Å². The molecule has 0 amide bonds. The summed E-state index contributed by atoms with van der Waals surface area (Å²) in [5, 5.41) is 3.75. The number of nitrogens with one attached hydrogen (secondary N) is 1. The smallest absolute Gasteiger partial charge is 0.0588 e. The van der Waals surface area contributed by atoms with Crippen molar-refractivity contribution < 1.29 is 0 Å². The van der Waals surface area contributed by atoms with Crippen molar-refractivity contribution >= 4 is 0 Å². The van der Waals surface area contributed by atoms with Gasteiger partial charge < -0.3 is 10.2 Å². The second-order valence-corrected chi connectivity index (χ2v) is 6.07. The number of nitrogens with zero attached hydrogens (tertiary/aromatic N) is 1. The van der Waals surface area contributed by atoms with Gasteiger partial charge in [-0.3, -0.25) is 0 Å². The Morgan fingerprint density at radius 2 is 1.43 bits per heavy atom. The standard InChI is InChI=1S/C19H24N2/c1-21(2)14-8-7-13-20-19-17-11-5-3-9-15(17)16-10-4-6-12-18(16)19/h3-6,9-12,19-20H,7-8,13-14H2,1-2H3. The minimum absolute atomic E-state index is 0.358. The van der Waals surface area contributed by atoms with Gasteiger partial charge in [-0.25, -0.2) is 0 Å². The molecule has 2 aromatic rings. The van der Waals surface area contributed by atoms with E-state index >= 15 is 0 Å². The molecule has 0 unspecified atom stereocenters. The molecule has 2 aromatic carbocycles. The number of fused-ring (bicyclic) bond motifs is 3. The van der Waals surface area contributed by atoms with Crippen LogP contribution in [0.2, 0.25) is 0 Å². The Balaban J connectivity index is 1.70. The monoisotopic (exact) mass is 280 g/mol. The van der Waals surface area contributed by atoms with E-state index in [4.69, 9.17) is 0 Å². The second-order valence-electron chi connectivity index (χ2n) is 6.07. The van der Waals surface area contributed by atoms with Crippen LogP contribution in [-0.4, -0.2) is 32.1 Å². The number of unbranched alkanes of at least 4 members (excludes halogenated alkanes) is 1. The fraction of sp³-hybridized carbons (Fsp3) is 0.368. The third kappa shape index (κ3) is 3.02. The highest BCUT2D eigenvalue weighted by Gasteiger charge is 2.26. The Hall–Kier alpha value is -1.64. The quantitative estimate of drug-likeness (QED) is 0.812. The van der Waals surface area contributed by atoms with Crippen molar-refractivity contribution in [3.63, 3.8) is 0 Å². The Bertz CT molecular complexity index is 559. The maximum Gasteiger partial charge on any atom is 0.0588 e. The summed E-state index contributed by atoms with van der Waals surface area (Å²) in [4.78, 5) is 2.25. The average molecular weight is 280 g/mol. The van der Waals surface area contributed by atoms with Crippen molar-refractivity contribution in [2.24, 2.45) is 0 Å². The van der Waals surface area contributed by atoms with E-state index in [0.717, 1.165) is 6.54 Å². The number of hydrogen-bond donors (Lipinski definition) is 1. The number of benzene rings is 2. The van der Waals surface area contributed by atoms with Crippen molar-refractivity contribution in [3.8, 4) is 11.1 Å². The van der Waals surface area contributed by atoms with Gasteiger partial charge in [0.05, 0.1) is 6.04 Å². The molecular formula is C19H24N2. The van der Waals surface area contributed by atoms with Crippen LogP contribution in [0.3, 0.4) is 0 Å². The Morgan fingerprint density at radius 3 is 2.00 bits per heavy atom. The molecule has 0 saturated heterocycles. The normalized spacial score (nSPS) is 13.5. The number of hydrogen-bond acceptors (Lipinski definition) is 2. The molecule has 0 aromatic heterocycles. The largest absolute Gasteiger partial charge is 0.309 e. The van der Waals surface area contributed by atoms with Gasteiger partial charge in [0.15, 0.2) is 0 Å². The van der Waals surface area contributed by atoms with Crippen LogP contribution >= 0.6 is 0 Å². The van der Waals surface area contributed by atoms with Crippen LogP contribution in [0.15, 0.2) is 48.5 Å². The topological polar surface area (TPSA) is 15.3 Å². The van der Waals surface area contributed by atoms with Gasteiger partial charge in [-0.05, 0) is 62.3 Å². The van der Waals surface area contributed by atoms with E-state index in [2.05, 4.69) is 72.8 Å². The highest BCUT2D eigenvalue weighted by Crippen LogP contribution is 2.42. The fourth-order valence-electron chi connectivity index (χ4n) is 3.17. The summed E-state index contributed by atoms with van der Waals surface area (Å²) in [6.45, 7) is 2.24. The van der Waals surface area contributed by atoms with E-state index in [0.29, 0.717) is 6.04 Å². The van der Waals surface area contributed by atoms with E-state index in [9.17, 15) is 0 Å². The lowest BCUT2D eigenvalue weighted by molar-refractivity contribution is 0.390. The van der Waals surface area contributed by atoms with Crippen molar-refractivity contribution in [2.45, 2.75) is 18.9 Å². The second kappa shape index (κ2) is 6.42. The maximum absolute atomic E-state index is 3.75. The van der Waals surface area contributed by atoms with E-state index in [1.165, 1.54) is 41.6 Å². The zero-order chi connectivity index (χ0) is 14.7. The first-order valence-electron chi connectivity index (χ1n) is 7.83. The SMILES string of the molecule is CN(C)CCCCNC1c2ccccc2-c2ccccc21. The molecule has 0 spiro atoms. The predicted molar refractivity (Wildman–Crippen MR) is 89.5 cm³/mol. The molecule has 0 radical (unpaired) electrons. The van der Waals surface area contributed by atoms with Gasteiger partial charge >= 0.3 is 0 Å². The summed E-state index contributed by atoms with van der Waals surface area (Å²) in [6, 6.07) is 17.9. The van der Waals surface area contributed by atoms with Crippen molar-refractivity contribution in [1.82, 2.24) is 10.2 Å². The number of rotatable bonds is 6. The first-order valence-corrected chi connectivity index (χ1v) is 7.83. The molecule has 110 valence electrons. The third-order valence-corrected chi connectivity index (χ3v) is 4.21. The summed E-state index contributed by atoms with van der Waals surface area (Å²) < 4.78 is 0. The fourth-order valence-corrected chi connectivity index (χ4v) is 3.17. The summed E-state index contributed by atoms with van der Waals surface area (Å²) in [7, 11) is 4.27. The first kappa shape index (κ1) is 14.3. The third-order valence-electron chi connectivity index (χ3n) is 4.21. The molecule has 0 bridgehead atoms. The molecule has 0 fully saturated rings. The van der Waals surface area contributed by atoms with Gasteiger partial charge in [-0.1, -0.05) is 48.5 Å². The van der Waals surface area contributed by atoms with Gasteiger partial charge in [-0.2, -0.15) is 0 Å². The van der Waals surface area contributed by atoms with Crippen LogP contribution in [-0.2, 0) is 0 Å². The van der Waals surface area contributed by atoms with Gasteiger partial charge in [0.25, 0.3) is 0 Å². The predicted octanol–water partition coefficient (Wildman–Crippen LogP) is 3.69. The molecular weight excluding hydrogens is 256 g/mol. The molecule has 0 aliphatic heterocycles. The molecule has 1 aliphatic carbocycles. The lowest BCUT2D eigenvalue weighted by Crippen LogP contribution is -2.23. The Labute approximate surface area is 127 Å². The van der Waals surface area contributed by atoms with Crippen LogP contribution in [0, 0.1) is 0 Å². The van der Waals surface area contributed by atoms with Gasteiger partial charge in [-0.15, -0.1) is 0 Å². The lowest BCUT2D eigenvalue weighted by atomic mass is 10.1. The maximum atomic E-state index is 3.75. The van der Waals surface area contributed by atoms with Crippen molar-refractivity contribution in [3.05, 3.63) is 59.7 Å². The Morgan fingerprint density at radius 1 is 0.857 bits per heavy atom. The van der Waals surface area contributed by atoms with Crippen molar-refractivity contribution in [2.75, 3.05) is 27.2 Å². The van der Waals surface area contributed by atoms with E-state index in [1.54, 1.807) is 0 Å². The molecule has 0 atom stereocenters. The van der Waals surface area contributed by atoms with Crippen molar-refractivity contribution in [1.29, 1.82) is 0 Å². The summed E-state index contributed by atoms with van der Waals surface area (Å²) in [5.41, 5.74) is 5.62.